The minimum absolute atomic E-state index is 0.309. The highest BCUT2D eigenvalue weighted by Crippen LogP contribution is 2.38. The third kappa shape index (κ3) is 3.14. The highest BCUT2D eigenvalue weighted by Gasteiger charge is 2.37. The molecule has 102 valence electrons. The predicted octanol–water partition coefficient (Wildman–Crippen LogP) is 2.72. The van der Waals surface area contributed by atoms with Crippen LogP contribution in [0.25, 0.3) is 0 Å². The Morgan fingerprint density at radius 2 is 1.61 bits per heavy atom. The monoisotopic (exact) mass is 273 g/mol. The first-order valence-corrected chi connectivity index (χ1v) is 4.72. The van der Waals surface area contributed by atoms with Gasteiger partial charge in [-0.05, 0) is 23.8 Å². The molecular formula is C10H9F6NO. The van der Waals surface area contributed by atoms with Crippen molar-refractivity contribution in [2.75, 3.05) is 6.61 Å². The Bertz CT molecular complexity index is 425. The molecule has 1 aromatic rings. The summed E-state index contributed by atoms with van der Waals surface area (Å²) in [5.41, 5.74) is 1.89. The molecule has 0 saturated heterocycles. The lowest BCUT2D eigenvalue weighted by atomic mass is 9.98. The van der Waals surface area contributed by atoms with E-state index >= 15 is 0 Å². The van der Waals surface area contributed by atoms with E-state index in [0.717, 1.165) is 0 Å². The zero-order valence-electron chi connectivity index (χ0n) is 8.81. The molecule has 1 rings (SSSR count). The van der Waals surface area contributed by atoms with Crippen LogP contribution >= 0.6 is 0 Å². The third-order valence-electron chi connectivity index (χ3n) is 2.28. The van der Waals surface area contributed by atoms with Gasteiger partial charge in [0.2, 0.25) is 0 Å². The van der Waals surface area contributed by atoms with Crippen molar-refractivity contribution < 1.29 is 31.4 Å². The van der Waals surface area contributed by atoms with Gasteiger partial charge in [-0.3, -0.25) is 0 Å². The maximum Gasteiger partial charge on any atom is 0.416 e. The molecule has 1 aromatic carbocycles. The molecule has 0 unspecified atom stereocenters. The van der Waals surface area contributed by atoms with Crippen LogP contribution in [0.2, 0.25) is 0 Å². The Morgan fingerprint density at radius 1 is 1.06 bits per heavy atom. The smallest absolute Gasteiger partial charge is 0.394 e. The maximum atomic E-state index is 12.6. The second-order valence-electron chi connectivity index (χ2n) is 3.59. The average Bonchev–Trinajstić information content (AvgIpc) is 2.24. The topological polar surface area (TPSA) is 46.2 Å². The molecule has 0 spiro atoms. The van der Waals surface area contributed by atoms with Crippen LogP contribution in [0.4, 0.5) is 26.3 Å². The van der Waals surface area contributed by atoms with Crippen LogP contribution in [-0.4, -0.2) is 11.7 Å². The van der Waals surface area contributed by atoms with E-state index in [-0.39, 0.29) is 0 Å². The van der Waals surface area contributed by atoms with E-state index in [1.54, 1.807) is 0 Å². The van der Waals surface area contributed by atoms with Crippen molar-refractivity contribution in [2.24, 2.45) is 5.73 Å². The number of aliphatic hydroxyl groups is 1. The average molecular weight is 273 g/mol. The summed E-state index contributed by atoms with van der Waals surface area (Å²) in [5.74, 6) is 0. The number of alkyl halides is 6. The first kappa shape index (κ1) is 14.8. The van der Waals surface area contributed by atoms with Gasteiger partial charge >= 0.3 is 12.4 Å². The molecule has 8 heteroatoms. The summed E-state index contributed by atoms with van der Waals surface area (Å²) in [7, 11) is 0. The van der Waals surface area contributed by atoms with Crippen molar-refractivity contribution in [3.05, 3.63) is 34.9 Å². The Hall–Kier alpha value is -1.28. The quantitative estimate of drug-likeness (QED) is 0.814. The molecule has 0 aliphatic heterocycles. The lowest BCUT2D eigenvalue weighted by molar-refractivity contribution is -0.142. The molecular weight excluding hydrogens is 264 g/mol. The van der Waals surface area contributed by atoms with Gasteiger partial charge in [0, 0.05) is 0 Å². The Morgan fingerprint density at radius 3 is 2.00 bits per heavy atom. The van der Waals surface area contributed by atoms with Crippen LogP contribution in [0.3, 0.4) is 0 Å². The molecule has 0 aliphatic rings. The van der Waals surface area contributed by atoms with Crippen LogP contribution in [0, 0.1) is 0 Å². The fourth-order valence-electron chi connectivity index (χ4n) is 1.40. The number of benzene rings is 1. The number of aliphatic hydroxyl groups excluding tert-OH is 1. The van der Waals surface area contributed by atoms with Crippen molar-refractivity contribution >= 4 is 0 Å². The zero-order valence-corrected chi connectivity index (χ0v) is 8.81. The number of halogens is 6. The zero-order chi connectivity index (χ0) is 14.1. The number of hydrogen-bond donors (Lipinski definition) is 2. The van der Waals surface area contributed by atoms with Crippen LogP contribution in [-0.2, 0) is 12.4 Å². The lowest BCUT2D eigenvalue weighted by Gasteiger charge is -2.18. The van der Waals surface area contributed by atoms with Crippen molar-refractivity contribution in [1.82, 2.24) is 0 Å². The normalized spacial score (nSPS) is 14.7. The summed E-state index contributed by atoms with van der Waals surface area (Å²) in [6.07, 6.45) is -9.60. The van der Waals surface area contributed by atoms with Gasteiger partial charge in [-0.25, -0.2) is 0 Å². The molecule has 0 heterocycles. The Labute approximate surface area is 98.0 Å². The molecule has 0 bridgehead atoms. The van der Waals surface area contributed by atoms with E-state index in [2.05, 4.69) is 0 Å². The van der Waals surface area contributed by atoms with E-state index in [1.807, 2.05) is 0 Å². The molecule has 0 aromatic heterocycles. The van der Waals surface area contributed by atoms with Crippen LogP contribution in [0.15, 0.2) is 18.2 Å². The van der Waals surface area contributed by atoms with Gasteiger partial charge in [0.1, 0.15) is 0 Å². The molecule has 0 amide bonds. The molecule has 0 fully saturated rings. The van der Waals surface area contributed by atoms with E-state index in [4.69, 9.17) is 10.8 Å². The summed E-state index contributed by atoms with van der Waals surface area (Å²) in [4.78, 5) is 0. The molecule has 2 nitrogen and oxygen atoms in total. The minimum atomic E-state index is -4.83. The second-order valence-corrected chi connectivity index (χ2v) is 3.59. The summed E-state index contributed by atoms with van der Waals surface area (Å²) in [6, 6.07) is -0.572. The SMILES string of the molecule is N[C@@H](CO)c1cc(C(F)(F)F)ccc1C(F)(F)F. The maximum absolute atomic E-state index is 12.6. The molecule has 0 saturated carbocycles. The number of hydrogen-bond acceptors (Lipinski definition) is 2. The van der Waals surface area contributed by atoms with E-state index in [9.17, 15) is 26.3 Å². The largest absolute Gasteiger partial charge is 0.416 e. The summed E-state index contributed by atoms with van der Waals surface area (Å²) in [5, 5.41) is 8.70. The third-order valence-corrected chi connectivity index (χ3v) is 2.28. The van der Waals surface area contributed by atoms with Gasteiger partial charge in [0.25, 0.3) is 0 Å². The first-order valence-electron chi connectivity index (χ1n) is 4.72. The molecule has 1 atom stereocenters. The van der Waals surface area contributed by atoms with Crippen molar-refractivity contribution in [3.8, 4) is 0 Å². The standard InChI is InChI=1S/C10H9F6NO/c11-9(12,13)5-1-2-7(10(14,15)16)6(3-5)8(17)4-18/h1-3,8,18H,4,17H2/t8-/m0/s1. The Balaban J connectivity index is 3.39. The van der Waals surface area contributed by atoms with Gasteiger partial charge in [0.15, 0.2) is 0 Å². The predicted molar refractivity (Wildman–Crippen MR) is 50.5 cm³/mol. The van der Waals surface area contributed by atoms with Gasteiger partial charge in [0.05, 0.1) is 23.8 Å². The fraction of sp³-hybridized carbons (Fsp3) is 0.400. The van der Waals surface area contributed by atoms with Crippen LogP contribution in [0.1, 0.15) is 22.7 Å². The van der Waals surface area contributed by atoms with Gasteiger partial charge in [-0.15, -0.1) is 0 Å². The number of rotatable bonds is 2. The summed E-state index contributed by atoms with van der Waals surface area (Å²) >= 11 is 0. The minimum Gasteiger partial charge on any atom is -0.394 e. The molecule has 18 heavy (non-hydrogen) atoms. The van der Waals surface area contributed by atoms with E-state index < -0.39 is 41.7 Å². The van der Waals surface area contributed by atoms with E-state index in [1.165, 1.54) is 0 Å². The molecule has 3 N–H and O–H groups in total. The second kappa shape index (κ2) is 4.77. The highest BCUT2D eigenvalue weighted by molar-refractivity contribution is 5.37. The number of nitrogens with two attached hydrogens (primary N) is 1. The van der Waals surface area contributed by atoms with Gasteiger partial charge < -0.3 is 10.8 Å². The first-order chi connectivity index (χ1) is 8.07. The Kier molecular flexibility index (Phi) is 3.92. The van der Waals surface area contributed by atoms with Crippen LogP contribution < -0.4 is 5.73 Å². The summed E-state index contributed by atoms with van der Waals surface area (Å²) in [6.45, 7) is -0.885. The van der Waals surface area contributed by atoms with Crippen molar-refractivity contribution in [1.29, 1.82) is 0 Å². The van der Waals surface area contributed by atoms with Crippen LogP contribution in [0.5, 0.6) is 0 Å². The fourth-order valence-corrected chi connectivity index (χ4v) is 1.40. The van der Waals surface area contributed by atoms with E-state index in [0.29, 0.717) is 18.2 Å². The van der Waals surface area contributed by atoms with Gasteiger partial charge in [-0.2, -0.15) is 26.3 Å². The summed E-state index contributed by atoms with van der Waals surface area (Å²) < 4.78 is 74.8. The molecule has 0 radical (unpaired) electrons. The van der Waals surface area contributed by atoms with Gasteiger partial charge in [-0.1, -0.05) is 0 Å². The van der Waals surface area contributed by atoms with Crippen molar-refractivity contribution in [3.63, 3.8) is 0 Å². The van der Waals surface area contributed by atoms with Crippen molar-refractivity contribution in [2.45, 2.75) is 18.4 Å². The lowest BCUT2D eigenvalue weighted by Crippen LogP contribution is -2.21. The highest BCUT2D eigenvalue weighted by atomic mass is 19.4. The molecule has 0 aliphatic carbocycles.